The molecule has 1 aliphatic rings. The Labute approximate surface area is 124 Å². The van der Waals surface area contributed by atoms with Crippen molar-refractivity contribution in [1.82, 2.24) is 10.2 Å². The molecule has 20 heavy (non-hydrogen) atoms. The number of rotatable bonds is 7. The third kappa shape index (κ3) is 4.07. The van der Waals surface area contributed by atoms with Crippen LogP contribution in [0.4, 0.5) is 0 Å². The van der Waals surface area contributed by atoms with Crippen molar-refractivity contribution in [1.29, 1.82) is 0 Å². The second-order valence-electron chi connectivity index (χ2n) is 6.66. The first kappa shape index (κ1) is 15.5. The fourth-order valence-corrected chi connectivity index (χ4v) is 3.18. The Morgan fingerprint density at radius 3 is 2.60 bits per heavy atom. The topological polar surface area (TPSA) is 15.3 Å². The highest BCUT2D eigenvalue weighted by Gasteiger charge is 2.33. The van der Waals surface area contributed by atoms with Crippen molar-refractivity contribution in [2.45, 2.75) is 40.2 Å². The van der Waals surface area contributed by atoms with E-state index >= 15 is 0 Å². The molecule has 3 unspecified atom stereocenters. The molecule has 2 heteroatoms. The lowest BCUT2D eigenvalue weighted by molar-refractivity contribution is 0.277. The van der Waals surface area contributed by atoms with E-state index in [1.54, 1.807) is 0 Å². The van der Waals surface area contributed by atoms with E-state index in [2.05, 4.69) is 63.2 Å². The number of aryl methyl sites for hydroxylation is 2. The molecular weight excluding hydrogens is 244 g/mol. The third-order valence-corrected chi connectivity index (χ3v) is 4.57. The lowest BCUT2D eigenvalue weighted by Crippen LogP contribution is -2.34. The monoisotopic (exact) mass is 274 g/mol. The van der Waals surface area contributed by atoms with Gasteiger partial charge in [-0.2, -0.15) is 0 Å². The molecule has 0 amide bonds. The van der Waals surface area contributed by atoms with Gasteiger partial charge in [-0.05, 0) is 56.8 Å². The summed E-state index contributed by atoms with van der Waals surface area (Å²) in [7, 11) is 2.26. The Hall–Kier alpha value is -0.860. The van der Waals surface area contributed by atoms with E-state index in [0.717, 1.165) is 24.9 Å². The molecule has 0 saturated heterocycles. The molecule has 2 nitrogen and oxygen atoms in total. The second-order valence-corrected chi connectivity index (χ2v) is 6.66. The number of nitrogens with zero attached hydrogens (tertiary/aromatic N) is 1. The summed E-state index contributed by atoms with van der Waals surface area (Å²) in [5, 5.41) is 3.65. The molecule has 0 aromatic heterocycles. The number of likely N-dealkylation sites (N-methyl/N-ethyl adjacent to an activating group) is 2. The van der Waals surface area contributed by atoms with Crippen molar-refractivity contribution >= 4 is 0 Å². The maximum absolute atomic E-state index is 3.65. The fraction of sp³-hybridized carbons (Fsp3) is 0.667. The highest BCUT2D eigenvalue weighted by molar-refractivity contribution is 5.33. The van der Waals surface area contributed by atoms with Crippen molar-refractivity contribution in [3.63, 3.8) is 0 Å². The van der Waals surface area contributed by atoms with Gasteiger partial charge in [-0.15, -0.1) is 0 Å². The molecule has 2 rings (SSSR count). The van der Waals surface area contributed by atoms with Gasteiger partial charge < -0.3 is 10.2 Å². The van der Waals surface area contributed by atoms with Crippen LogP contribution in [0.25, 0.3) is 0 Å². The molecule has 1 N–H and O–H groups in total. The maximum Gasteiger partial charge on any atom is 0.0451 e. The molecule has 112 valence electrons. The van der Waals surface area contributed by atoms with Crippen molar-refractivity contribution < 1.29 is 0 Å². The molecule has 1 fully saturated rings. The molecule has 0 aliphatic heterocycles. The Bertz CT molecular complexity index is 441. The lowest BCUT2D eigenvalue weighted by Gasteiger charge is -2.26. The van der Waals surface area contributed by atoms with E-state index in [1.807, 2.05) is 0 Å². The van der Waals surface area contributed by atoms with Crippen LogP contribution < -0.4 is 5.32 Å². The van der Waals surface area contributed by atoms with Crippen molar-refractivity contribution in [2.24, 2.45) is 11.8 Å². The van der Waals surface area contributed by atoms with Crippen molar-refractivity contribution in [2.75, 3.05) is 26.7 Å². The average Bonchev–Trinajstić information content (AvgIpc) is 3.04. The van der Waals surface area contributed by atoms with Gasteiger partial charge in [-0.3, -0.25) is 0 Å². The van der Waals surface area contributed by atoms with Gasteiger partial charge >= 0.3 is 0 Å². The number of benzene rings is 1. The highest BCUT2D eigenvalue weighted by atomic mass is 15.1. The zero-order valence-corrected chi connectivity index (χ0v) is 13.7. The van der Waals surface area contributed by atoms with Gasteiger partial charge in [0.1, 0.15) is 0 Å². The van der Waals surface area contributed by atoms with Crippen LogP contribution >= 0.6 is 0 Å². The predicted molar refractivity (Wildman–Crippen MR) is 87.1 cm³/mol. The van der Waals surface area contributed by atoms with Gasteiger partial charge in [0.2, 0.25) is 0 Å². The third-order valence-electron chi connectivity index (χ3n) is 4.57. The van der Waals surface area contributed by atoms with E-state index < -0.39 is 0 Å². The Morgan fingerprint density at radius 2 is 2.05 bits per heavy atom. The van der Waals surface area contributed by atoms with Crippen LogP contribution in [0.5, 0.6) is 0 Å². The van der Waals surface area contributed by atoms with Crippen molar-refractivity contribution in [3.05, 3.63) is 34.9 Å². The van der Waals surface area contributed by atoms with Crippen LogP contribution in [-0.2, 0) is 0 Å². The van der Waals surface area contributed by atoms with Crippen LogP contribution in [-0.4, -0.2) is 31.6 Å². The molecule has 1 saturated carbocycles. The molecule has 0 radical (unpaired) electrons. The van der Waals surface area contributed by atoms with Gasteiger partial charge in [0.15, 0.2) is 0 Å². The first-order valence-electron chi connectivity index (χ1n) is 8.00. The minimum Gasteiger partial charge on any atom is -0.309 e. The standard InChI is InChI=1S/C18H30N2/c1-6-19-18(12-20(5)11-16-10-14(16)3)17-8-7-13(2)9-15(17)4/h7-9,14,16,18-19H,6,10-12H2,1-5H3. The summed E-state index contributed by atoms with van der Waals surface area (Å²) in [6, 6.07) is 7.27. The summed E-state index contributed by atoms with van der Waals surface area (Å²) >= 11 is 0. The molecule has 0 heterocycles. The zero-order valence-electron chi connectivity index (χ0n) is 13.7. The molecule has 0 bridgehead atoms. The Balaban J connectivity index is 2.01. The first-order valence-corrected chi connectivity index (χ1v) is 8.00. The maximum atomic E-state index is 3.65. The SMILES string of the molecule is CCNC(CN(C)CC1CC1C)c1ccc(C)cc1C. The fourth-order valence-electron chi connectivity index (χ4n) is 3.18. The summed E-state index contributed by atoms with van der Waals surface area (Å²) in [5.74, 6) is 1.87. The lowest BCUT2D eigenvalue weighted by atomic mass is 9.98. The number of nitrogens with one attached hydrogen (secondary N) is 1. The van der Waals surface area contributed by atoms with Crippen molar-refractivity contribution in [3.8, 4) is 0 Å². The van der Waals surface area contributed by atoms with Crippen LogP contribution in [0.2, 0.25) is 0 Å². The summed E-state index contributed by atoms with van der Waals surface area (Å²) in [5.41, 5.74) is 4.21. The molecule has 3 atom stereocenters. The largest absolute Gasteiger partial charge is 0.309 e. The van der Waals surface area contributed by atoms with Crippen LogP contribution in [0.1, 0.15) is 43.0 Å². The quantitative estimate of drug-likeness (QED) is 0.818. The van der Waals surface area contributed by atoms with Gasteiger partial charge in [0.25, 0.3) is 0 Å². The van der Waals surface area contributed by atoms with E-state index in [1.165, 1.54) is 29.7 Å². The van der Waals surface area contributed by atoms with E-state index in [9.17, 15) is 0 Å². The molecule has 0 spiro atoms. The smallest absolute Gasteiger partial charge is 0.0451 e. The summed E-state index contributed by atoms with van der Waals surface area (Å²) in [6.07, 6.45) is 1.42. The Morgan fingerprint density at radius 1 is 1.35 bits per heavy atom. The highest BCUT2D eigenvalue weighted by Crippen LogP contribution is 2.38. The zero-order chi connectivity index (χ0) is 14.7. The molecular formula is C18H30N2. The second kappa shape index (κ2) is 6.73. The normalized spacial score (nSPS) is 23.1. The first-order chi connectivity index (χ1) is 9.51. The average molecular weight is 274 g/mol. The minimum atomic E-state index is 0.444. The van der Waals surface area contributed by atoms with Crippen LogP contribution in [0.3, 0.4) is 0 Å². The minimum absolute atomic E-state index is 0.444. The van der Waals surface area contributed by atoms with E-state index in [4.69, 9.17) is 0 Å². The van der Waals surface area contributed by atoms with Gasteiger partial charge in [-0.25, -0.2) is 0 Å². The van der Waals surface area contributed by atoms with Gasteiger partial charge in [0, 0.05) is 19.1 Å². The molecule has 1 aliphatic carbocycles. The number of hydrogen-bond acceptors (Lipinski definition) is 2. The van der Waals surface area contributed by atoms with E-state index in [0.29, 0.717) is 6.04 Å². The predicted octanol–water partition coefficient (Wildman–Crippen LogP) is 3.54. The van der Waals surface area contributed by atoms with Gasteiger partial charge in [-0.1, -0.05) is 37.6 Å². The summed E-state index contributed by atoms with van der Waals surface area (Å²) in [4.78, 5) is 2.50. The summed E-state index contributed by atoms with van der Waals surface area (Å²) < 4.78 is 0. The van der Waals surface area contributed by atoms with Gasteiger partial charge in [0.05, 0.1) is 0 Å². The summed E-state index contributed by atoms with van der Waals surface area (Å²) in [6.45, 7) is 12.3. The van der Waals surface area contributed by atoms with Crippen LogP contribution in [0, 0.1) is 25.7 Å². The Kier molecular flexibility index (Phi) is 5.22. The number of hydrogen-bond donors (Lipinski definition) is 1. The molecule has 1 aromatic rings. The molecule has 1 aromatic carbocycles. The van der Waals surface area contributed by atoms with Crippen LogP contribution in [0.15, 0.2) is 18.2 Å². The van der Waals surface area contributed by atoms with E-state index in [-0.39, 0.29) is 0 Å².